The van der Waals surface area contributed by atoms with E-state index < -0.39 is 22.6 Å². The standard InChI is InChI=1S/C16H24F3NO3S/c17-16(18,19)12-6-4-2-1-3-5-7-13-23-14-8-10-15(11-9-14)24(20,21)22/h8-11H,1-7,12-13H2,(H2,20,21,22). The summed E-state index contributed by atoms with van der Waals surface area (Å²) in [5, 5.41) is 5.00. The van der Waals surface area contributed by atoms with Crippen LogP contribution < -0.4 is 9.88 Å². The molecule has 0 aliphatic heterocycles. The molecule has 0 radical (unpaired) electrons. The lowest BCUT2D eigenvalue weighted by Crippen LogP contribution is -2.11. The molecule has 1 aromatic rings. The fourth-order valence-electron chi connectivity index (χ4n) is 2.23. The summed E-state index contributed by atoms with van der Waals surface area (Å²) in [4.78, 5) is 0.0420. The maximum atomic E-state index is 11.9. The Kier molecular flexibility index (Phi) is 8.55. The van der Waals surface area contributed by atoms with E-state index in [1.807, 2.05) is 0 Å². The van der Waals surface area contributed by atoms with Crippen molar-refractivity contribution in [1.29, 1.82) is 0 Å². The molecule has 0 unspecified atom stereocenters. The molecule has 0 fully saturated rings. The fourth-order valence-corrected chi connectivity index (χ4v) is 2.74. The molecular weight excluding hydrogens is 343 g/mol. The smallest absolute Gasteiger partial charge is 0.389 e. The van der Waals surface area contributed by atoms with Crippen LogP contribution >= 0.6 is 0 Å². The van der Waals surface area contributed by atoms with Gasteiger partial charge in [-0.1, -0.05) is 32.1 Å². The van der Waals surface area contributed by atoms with Crippen molar-refractivity contribution in [3.8, 4) is 5.75 Å². The second-order valence-electron chi connectivity index (χ2n) is 5.70. The molecule has 0 atom stereocenters. The first kappa shape index (κ1) is 20.8. The van der Waals surface area contributed by atoms with Crippen LogP contribution in [0.3, 0.4) is 0 Å². The highest BCUT2D eigenvalue weighted by Crippen LogP contribution is 2.23. The summed E-state index contributed by atoms with van der Waals surface area (Å²) >= 11 is 0. The monoisotopic (exact) mass is 367 g/mol. The Morgan fingerprint density at radius 1 is 0.875 bits per heavy atom. The lowest BCUT2D eigenvalue weighted by Gasteiger charge is -2.07. The third kappa shape index (κ3) is 9.77. The van der Waals surface area contributed by atoms with E-state index in [2.05, 4.69) is 0 Å². The van der Waals surface area contributed by atoms with Crippen molar-refractivity contribution >= 4 is 10.0 Å². The van der Waals surface area contributed by atoms with Gasteiger partial charge in [-0.05, 0) is 37.1 Å². The molecule has 0 aliphatic carbocycles. The van der Waals surface area contributed by atoms with E-state index in [9.17, 15) is 21.6 Å². The normalized spacial score (nSPS) is 12.3. The van der Waals surface area contributed by atoms with Crippen LogP contribution in [0.15, 0.2) is 29.2 Å². The number of alkyl halides is 3. The molecule has 0 spiro atoms. The molecule has 1 aromatic carbocycles. The number of unbranched alkanes of at least 4 members (excludes halogenated alkanes) is 6. The van der Waals surface area contributed by atoms with Crippen molar-refractivity contribution in [3.63, 3.8) is 0 Å². The average Bonchev–Trinajstić information content (AvgIpc) is 2.47. The minimum absolute atomic E-state index is 0.0420. The van der Waals surface area contributed by atoms with Gasteiger partial charge in [-0.2, -0.15) is 13.2 Å². The number of benzene rings is 1. The molecule has 0 saturated heterocycles. The first-order valence-electron chi connectivity index (χ1n) is 8.01. The average molecular weight is 367 g/mol. The third-order valence-electron chi connectivity index (χ3n) is 3.53. The molecule has 0 heterocycles. The van der Waals surface area contributed by atoms with Gasteiger partial charge in [0.25, 0.3) is 0 Å². The van der Waals surface area contributed by atoms with Crippen molar-refractivity contribution < 1.29 is 26.3 Å². The largest absolute Gasteiger partial charge is 0.494 e. The zero-order valence-corrected chi connectivity index (χ0v) is 14.3. The topological polar surface area (TPSA) is 69.4 Å². The van der Waals surface area contributed by atoms with E-state index in [4.69, 9.17) is 9.88 Å². The Morgan fingerprint density at radius 2 is 1.38 bits per heavy atom. The Bertz CT molecular complexity index is 571. The van der Waals surface area contributed by atoms with Gasteiger partial charge in [0.05, 0.1) is 11.5 Å². The van der Waals surface area contributed by atoms with E-state index in [-0.39, 0.29) is 11.3 Å². The van der Waals surface area contributed by atoms with Crippen molar-refractivity contribution in [1.82, 2.24) is 0 Å². The van der Waals surface area contributed by atoms with E-state index in [1.54, 1.807) is 12.1 Å². The lowest BCUT2D eigenvalue weighted by atomic mass is 10.1. The van der Waals surface area contributed by atoms with Gasteiger partial charge in [0, 0.05) is 6.42 Å². The first-order chi connectivity index (χ1) is 11.2. The van der Waals surface area contributed by atoms with E-state index >= 15 is 0 Å². The lowest BCUT2D eigenvalue weighted by molar-refractivity contribution is -0.135. The van der Waals surface area contributed by atoms with Gasteiger partial charge >= 0.3 is 6.18 Å². The van der Waals surface area contributed by atoms with Gasteiger partial charge in [0.15, 0.2) is 0 Å². The SMILES string of the molecule is NS(=O)(=O)c1ccc(OCCCCCCCCCC(F)(F)F)cc1. The first-order valence-corrected chi connectivity index (χ1v) is 9.55. The van der Waals surface area contributed by atoms with Gasteiger partial charge in [-0.3, -0.25) is 0 Å². The highest BCUT2D eigenvalue weighted by molar-refractivity contribution is 7.89. The molecule has 0 saturated carbocycles. The van der Waals surface area contributed by atoms with Gasteiger partial charge in [0.1, 0.15) is 5.75 Å². The Hall–Kier alpha value is -1.28. The quantitative estimate of drug-likeness (QED) is 0.590. The Labute approximate surface area is 141 Å². The van der Waals surface area contributed by atoms with Crippen molar-refractivity contribution in [3.05, 3.63) is 24.3 Å². The highest BCUT2D eigenvalue weighted by Gasteiger charge is 2.25. The van der Waals surface area contributed by atoms with Crippen LogP contribution in [0.1, 0.15) is 51.4 Å². The predicted molar refractivity (Wildman–Crippen MR) is 86.3 cm³/mol. The van der Waals surface area contributed by atoms with Crippen LogP contribution in [0.25, 0.3) is 0 Å². The van der Waals surface area contributed by atoms with E-state index in [1.165, 1.54) is 12.1 Å². The zero-order chi connectivity index (χ0) is 18.1. The van der Waals surface area contributed by atoms with Crippen molar-refractivity contribution in [2.45, 2.75) is 62.4 Å². The van der Waals surface area contributed by atoms with Crippen LogP contribution in [0.4, 0.5) is 13.2 Å². The maximum absolute atomic E-state index is 11.9. The third-order valence-corrected chi connectivity index (χ3v) is 4.45. The zero-order valence-electron chi connectivity index (χ0n) is 13.5. The van der Waals surface area contributed by atoms with E-state index in [0.717, 1.165) is 32.1 Å². The molecule has 24 heavy (non-hydrogen) atoms. The number of hydrogen-bond acceptors (Lipinski definition) is 3. The summed E-state index contributed by atoms with van der Waals surface area (Å²) in [7, 11) is -3.69. The number of halogens is 3. The van der Waals surface area contributed by atoms with Crippen LogP contribution in [0, 0.1) is 0 Å². The van der Waals surface area contributed by atoms with E-state index in [0.29, 0.717) is 18.8 Å². The van der Waals surface area contributed by atoms with Gasteiger partial charge in [0.2, 0.25) is 10.0 Å². The summed E-state index contributed by atoms with van der Waals surface area (Å²) in [6.45, 7) is 0.517. The van der Waals surface area contributed by atoms with Crippen LogP contribution in [-0.2, 0) is 10.0 Å². The number of primary sulfonamides is 1. The second-order valence-corrected chi connectivity index (χ2v) is 7.27. The molecule has 8 heteroatoms. The number of ether oxygens (including phenoxy) is 1. The van der Waals surface area contributed by atoms with Crippen LogP contribution in [0.2, 0.25) is 0 Å². The van der Waals surface area contributed by atoms with Crippen LogP contribution in [-0.4, -0.2) is 21.2 Å². The number of rotatable bonds is 11. The fraction of sp³-hybridized carbons (Fsp3) is 0.625. The van der Waals surface area contributed by atoms with Gasteiger partial charge in [-0.15, -0.1) is 0 Å². The van der Waals surface area contributed by atoms with Gasteiger partial charge < -0.3 is 4.74 Å². The second kappa shape index (κ2) is 9.88. The molecule has 0 bridgehead atoms. The molecule has 4 nitrogen and oxygen atoms in total. The minimum atomic E-state index is -4.04. The van der Waals surface area contributed by atoms with Crippen molar-refractivity contribution in [2.75, 3.05) is 6.61 Å². The predicted octanol–water partition coefficient (Wildman–Crippen LogP) is 4.40. The van der Waals surface area contributed by atoms with Gasteiger partial charge in [-0.25, -0.2) is 13.6 Å². The number of nitrogens with two attached hydrogens (primary N) is 1. The minimum Gasteiger partial charge on any atom is -0.494 e. The molecule has 0 aliphatic rings. The number of sulfonamides is 1. The molecule has 0 aromatic heterocycles. The summed E-state index contributed by atoms with van der Waals surface area (Å²) < 4.78 is 63.5. The Balaban J connectivity index is 2.03. The highest BCUT2D eigenvalue weighted by atomic mass is 32.2. The summed E-state index contributed by atoms with van der Waals surface area (Å²) in [5.41, 5.74) is 0. The summed E-state index contributed by atoms with van der Waals surface area (Å²) in [6.07, 6.45) is 0.628. The summed E-state index contributed by atoms with van der Waals surface area (Å²) in [6, 6.07) is 5.90. The summed E-state index contributed by atoms with van der Waals surface area (Å²) in [5.74, 6) is 0.578. The number of hydrogen-bond donors (Lipinski definition) is 1. The molecule has 2 N–H and O–H groups in total. The van der Waals surface area contributed by atoms with Crippen LogP contribution in [0.5, 0.6) is 5.75 Å². The maximum Gasteiger partial charge on any atom is 0.389 e. The molecule has 1 rings (SSSR count). The Morgan fingerprint density at radius 3 is 1.88 bits per heavy atom. The molecule has 0 amide bonds. The molecule has 138 valence electrons. The van der Waals surface area contributed by atoms with Crippen molar-refractivity contribution in [2.24, 2.45) is 5.14 Å². The molecular formula is C16H24F3NO3S.